The zero-order chi connectivity index (χ0) is 15.5. The van der Waals surface area contributed by atoms with Crippen LogP contribution in [0.1, 0.15) is 39.5 Å². The van der Waals surface area contributed by atoms with Crippen LogP contribution in [0.25, 0.3) is 0 Å². The highest BCUT2D eigenvalue weighted by Crippen LogP contribution is 2.29. The van der Waals surface area contributed by atoms with Crippen LogP contribution in [0.15, 0.2) is 0 Å². The van der Waals surface area contributed by atoms with Gasteiger partial charge in [-0.05, 0) is 37.5 Å². The Morgan fingerprint density at radius 3 is 2.18 bits per heavy atom. The molecule has 5 heteroatoms. The minimum Gasteiger partial charge on any atom is -0.378 e. The van der Waals surface area contributed by atoms with Crippen molar-refractivity contribution in [2.75, 3.05) is 39.4 Å². The second kappa shape index (κ2) is 7.18. The van der Waals surface area contributed by atoms with E-state index in [1.54, 1.807) is 0 Å². The molecular formula is C17H31N3O2. The van der Waals surface area contributed by atoms with E-state index in [9.17, 15) is 4.79 Å². The van der Waals surface area contributed by atoms with Gasteiger partial charge < -0.3 is 15.0 Å². The molecule has 0 aromatic heterocycles. The van der Waals surface area contributed by atoms with Gasteiger partial charge in [0.15, 0.2) is 0 Å². The number of rotatable bonds is 3. The molecule has 0 aromatic carbocycles. The van der Waals surface area contributed by atoms with Gasteiger partial charge >= 0.3 is 6.03 Å². The number of piperazine rings is 1. The van der Waals surface area contributed by atoms with Gasteiger partial charge in [-0.2, -0.15) is 0 Å². The van der Waals surface area contributed by atoms with E-state index >= 15 is 0 Å². The van der Waals surface area contributed by atoms with E-state index in [-0.39, 0.29) is 6.03 Å². The molecule has 5 nitrogen and oxygen atoms in total. The predicted molar refractivity (Wildman–Crippen MR) is 86.9 cm³/mol. The first kappa shape index (κ1) is 16.1. The predicted octanol–water partition coefficient (Wildman–Crippen LogP) is 1.93. The molecule has 1 aliphatic carbocycles. The van der Waals surface area contributed by atoms with Gasteiger partial charge in [0.2, 0.25) is 0 Å². The number of carbonyl (C=O) groups excluding carboxylic acids is 1. The van der Waals surface area contributed by atoms with Crippen LogP contribution < -0.4 is 5.32 Å². The molecule has 3 aliphatic rings. The Labute approximate surface area is 134 Å². The molecule has 2 aliphatic heterocycles. The molecule has 2 heterocycles. The Bertz CT molecular complexity index is 368. The van der Waals surface area contributed by atoms with Crippen molar-refractivity contribution in [1.82, 2.24) is 15.1 Å². The first-order valence-electron chi connectivity index (χ1n) is 9.00. The number of hydrogen-bond acceptors (Lipinski definition) is 3. The third kappa shape index (κ3) is 3.74. The highest BCUT2D eigenvalue weighted by Gasteiger charge is 2.31. The fourth-order valence-electron chi connectivity index (χ4n) is 3.92. The average molecular weight is 309 g/mol. The summed E-state index contributed by atoms with van der Waals surface area (Å²) in [5.74, 6) is 1.63. The summed E-state index contributed by atoms with van der Waals surface area (Å²) in [7, 11) is 0. The molecule has 2 amide bonds. The fraction of sp³-hybridized carbons (Fsp3) is 0.941. The molecule has 0 unspecified atom stereocenters. The van der Waals surface area contributed by atoms with Gasteiger partial charge in [0.25, 0.3) is 0 Å². The second-order valence-corrected chi connectivity index (χ2v) is 7.52. The van der Waals surface area contributed by atoms with Crippen molar-refractivity contribution in [3.8, 4) is 0 Å². The fourth-order valence-corrected chi connectivity index (χ4v) is 3.92. The average Bonchev–Trinajstić information content (AvgIpc) is 2.46. The van der Waals surface area contributed by atoms with E-state index in [1.807, 2.05) is 4.90 Å². The van der Waals surface area contributed by atoms with Crippen molar-refractivity contribution in [2.24, 2.45) is 11.8 Å². The topological polar surface area (TPSA) is 44.8 Å². The Hall–Kier alpha value is -0.810. The normalized spacial score (nSPS) is 31.1. The van der Waals surface area contributed by atoms with Crippen molar-refractivity contribution in [1.29, 1.82) is 0 Å². The van der Waals surface area contributed by atoms with E-state index in [1.165, 1.54) is 12.8 Å². The molecule has 22 heavy (non-hydrogen) atoms. The molecule has 1 saturated carbocycles. The molecule has 0 atom stereocenters. The summed E-state index contributed by atoms with van der Waals surface area (Å²) in [4.78, 5) is 16.9. The van der Waals surface area contributed by atoms with Crippen molar-refractivity contribution in [3.05, 3.63) is 0 Å². The van der Waals surface area contributed by atoms with Crippen molar-refractivity contribution in [3.63, 3.8) is 0 Å². The minimum atomic E-state index is 0.150. The van der Waals surface area contributed by atoms with Crippen LogP contribution in [0.4, 0.5) is 4.79 Å². The Morgan fingerprint density at radius 1 is 1.05 bits per heavy atom. The summed E-state index contributed by atoms with van der Waals surface area (Å²) in [6.45, 7) is 10.0. The molecule has 0 spiro atoms. The lowest BCUT2D eigenvalue weighted by molar-refractivity contribution is -0.0740. The first-order chi connectivity index (χ1) is 10.6. The smallest absolute Gasteiger partial charge is 0.317 e. The molecule has 0 radical (unpaired) electrons. The van der Waals surface area contributed by atoms with Crippen LogP contribution >= 0.6 is 0 Å². The maximum Gasteiger partial charge on any atom is 0.317 e. The number of nitrogens with one attached hydrogen (secondary N) is 1. The van der Waals surface area contributed by atoms with Crippen LogP contribution in [-0.4, -0.2) is 67.3 Å². The van der Waals surface area contributed by atoms with Gasteiger partial charge in [-0.15, -0.1) is 0 Å². The number of ether oxygens (including phenoxy) is 1. The minimum absolute atomic E-state index is 0.150. The SMILES string of the molecule is CC(C)[C@H]1CC[C@H](NC(=O)N2CCN(C3COC3)CC2)CC1. The zero-order valence-corrected chi connectivity index (χ0v) is 14.1. The third-order valence-corrected chi connectivity index (χ3v) is 5.78. The van der Waals surface area contributed by atoms with Gasteiger partial charge in [0.1, 0.15) is 0 Å². The lowest BCUT2D eigenvalue weighted by Crippen LogP contribution is -2.59. The molecule has 0 aromatic rings. The highest BCUT2D eigenvalue weighted by molar-refractivity contribution is 5.74. The lowest BCUT2D eigenvalue weighted by atomic mass is 9.80. The maximum atomic E-state index is 12.4. The number of carbonyl (C=O) groups is 1. The Morgan fingerprint density at radius 2 is 1.68 bits per heavy atom. The number of amides is 2. The molecule has 3 fully saturated rings. The zero-order valence-electron chi connectivity index (χ0n) is 14.1. The summed E-state index contributed by atoms with van der Waals surface area (Å²) in [5.41, 5.74) is 0. The number of nitrogens with zero attached hydrogens (tertiary/aromatic N) is 2. The second-order valence-electron chi connectivity index (χ2n) is 7.52. The van der Waals surface area contributed by atoms with E-state index in [0.717, 1.165) is 64.1 Å². The van der Waals surface area contributed by atoms with Gasteiger partial charge in [-0.25, -0.2) is 4.79 Å². The molecule has 2 saturated heterocycles. The van der Waals surface area contributed by atoms with Crippen molar-refractivity contribution >= 4 is 6.03 Å². The maximum absolute atomic E-state index is 12.4. The van der Waals surface area contributed by atoms with Crippen LogP contribution in [0, 0.1) is 11.8 Å². The standard InChI is InChI=1S/C17H31N3O2/c1-13(2)14-3-5-15(6-4-14)18-17(21)20-9-7-19(8-10-20)16-11-22-12-16/h13-16H,3-12H2,1-2H3,(H,18,21)/t14-,15-. The molecule has 126 valence electrons. The summed E-state index contributed by atoms with van der Waals surface area (Å²) in [6.07, 6.45) is 4.82. The molecule has 3 rings (SSSR count). The third-order valence-electron chi connectivity index (χ3n) is 5.78. The van der Waals surface area contributed by atoms with Crippen molar-refractivity contribution in [2.45, 2.75) is 51.6 Å². The van der Waals surface area contributed by atoms with E-state index < -0.39 is 0 Å². The lowest BCUT2D eigenvalue weighted by Gasteiger charge is -2.42. The quantitative estimate of drug-likeness (QED) is 0.866. The van der Waals surface area contributed by atoms with Gasteiger partial charge in [0, 0.05) is 32.2 Å². The van der Waals surface area contributed by atoms with E-state index in [4.69, 9.17) is 4.74 Å². The number of hydrogen-bond donors (Lipinski definition) is 1. The van der Waals surface area contributed by atoms with E-state index in [2.05, 4.69) is 24.1 Å². The van der Waals surface area contributed by atoms with Crippen LogP contribution in [0.3, 0.4) is 0 Å². The summed E-state index contributed by atoms with van der Waals surface area (Å²) in [5, 5.41) is 3.26. The van der Waals surface area contributed by atoms with Gasteiger partial charge in [-0.3, -0.25) is 4.90 Å². The summed E-state index contributed by atoms with van der Waals surface area (Å²) < 4.78 is 5.25. The van der Waals surface area contributed by atoms with Crippen LogP contribution in [-0.2, 0) is 4.74 Å². The van der Waals surface area contributed by atoms with Gasteiger partial charge in [0.05, 0.1) is 19.3 Å². The Kier molecular flexibility index (Phi) is 5.24. The number of urea groups is 1. The molecular weight excluding hydrogens is 278 g/mol. The monoisotopic (exact) mass is 309 g/mol. The van der Waals surface area contributed by atoms with Crippen LogP contribution in [0.5, 0.6) is 0 Å². The first-order valence-corrected chi connectivity index (χ1v) is 9.00. The summed E-state index contributed by atoms with van der Waals surface area (Å²) in [6, 6.07) is 1.13. The van der Waals surface area contributed by atoms with Crippen LogP contribution in [0.2, 0.25) is 0 Å². The van der Waals surface area contributed by atoms with Crippen molar-refractivity contribution < 1.29 is 9.53 Å². The van der Waals surface area contributed by atoms with Gasteiger partial charge in [-0.1, -0.05) is 13.8 Å². The van der Waals surface area contributed by atoms with E-state index in [0.29, 0.717) is 12.1 Å². The summed E-state index contributed by atoms with van der Waals surface area (Å²) >= 11 is 0. The Balaban J connectivity index is 1.38. The molecule has 1 N–H and O–H groups in total. The largest absolute Gasteiger partial charge is 0.378 e. The highest BCUT2D eigenvalue weighted by atomic mass is 16.5. The molecule has 0 bridgehead atoms.